The standard InChI is InChI=1S/C19H13ClO/c20-18-10-5-14(6-11-18)7-12-19(21)17-9-8-15-3-1-2-4-16(15)13-17/h1-13H/b12-7-. The Morgan fingerprint density at radius 1 is 0.857 bits per heavy atom. The molecule has 0 aliphatic carbocycles. The Hall–Kier alpha value is -2.38. The quantitative estimate of drug-likeness (QED) is 0.467. The highest BCUT2D eigenvalue weighted by Gasteiger charge is 2.02. The molecule has 0 fully saturated rings. The van der Waals surface area contributed by atoms with Crippen LogP contribution in [0.2, 0.25) is 5.02 Å². The highest BCUT2D eigenvalue weighted by Crippen LogP contribution is 2.17. The van der Waals surface area contributed by atoms with Gasteiger partial charge in [0, 0.05) is 10.6 Å². The van der Waals surface area contributed by atoms with Crippen molar-refractivity contribution in [3.05, 3.63) is 89.0 Å². The molecule has 0 aliphatic heterocycles. The summed E-state index contributed by atoms with van der Waals surface area (Å²) < 4.78 is 0. The fraction of sp³-hybridized carbons (Fsp3) is 0. The molecule has 1 nitrogen and oxygen atoms in total. The van der Waals surface area contributed by atoms with Gasteiger partial charge >= 0.3 is 0 Å². The largest absolute Gasteiger partial charge is 0.289 e. The van der Waals surface area contributed by atoms with Crippen LogP contribution in [0.25, 0.3) is 16.8 Å². The SMILES string of the molecule is O=C(/C=C\c1ccc(Cl)cc1)c1ccc2ccccc2c1. The molecular formula is C19H13ClO. The summed E-state index contributed by atoms with van der Waals surface area (Å²) in [5, 5.41) is 2.90. The molecule has 2 heteroatoms. The van der Waals surface area contributed by atoms with Crippen molar-refractivity contribution in [3.63, 3.8) is 0 Å². The van der Waals surface area contributed by atoms with Gasteiger partial charge in [-0.25, -0.2) is 0 Å². The van der Waals surface area contributed by atoms with Crippen LogP contribution in [0.5, 0.6) is 0 Å². The summed E-state index contributed by atoms with van der Waals surface area (Å²) in [6, 6.07) is 21.1. The molecule has 0 saturated carbocycles. The van der Waals surface area contributed by atoms with Crippen molar-refractivity contribution >= 4 is 34.2 Å². The number of ketones is 1. The third-order valence-corrected chi connectivity index (χ3v) is 3.58. The first-order chi connectivity index (χ1) is 10.2. The molecule has 3 rings (SSSR count). The Labute approximate surface area is 128 Å². The Kier molecular flexibility index (Phi) is 3.85. The second kappa shape index (κ2) is 5.94. The van der Waals surface area contributed by atoms with Crippen molar-refractivity contribution in [1.29, 1.82) is 0 Å². The normalized spacial score (nSPS) is 11.1. The van der Waals surface area contributed by atoms with Crippen LogP contribution in [-0.4, -0.2) is 5.78 Å². The fourth-order valence-electron chi connectivity index (χ4n) is 2.18. The lowest BCUT2D eigenvalue weighted by molar-refractivity contribution is 0.104. The molecule has 21 heavy (non-hydrogen) atoms. The molecule has 0 spiro atoms. The molecule has 102 valence electrons. The summed E-state index contributed by atoms with van der Waals surface area (Å²) in [7, 11) is 0. The molecule has 0 aromatic heterocycles. The smallest absolute Gasteiger partial charge is 0.185 e. The van der Waals surface area contributed by atoms with Gasteiger partial charge in [0.05, 0.1) is 0 Å². The summed E-state index contributed by atoms with van der Waals surface area (Å²) in [6.07, 6.45) is 3.39. The molecule has 0 atom stereocenters. The number of benzene rings is 3. The van der Waals surface area contributed by atoms with E-state index in [2.05, 4.69) is 0 Å². The molecule has 0 aliphatic rings. The van der Waals surface area contributed by atoms with Gasteiger partial charge in [0.25, 0.3) is 0 Å². The molecule has 0 saturated heterocycles. The van der Waals surface area contributed by atoms with Gasteiger partial charge < -0.3 is 0 Å². The zero-order chi connectivity index (χ0) is 14.7. The van der Waals surface area contributed by atoms with E-state index in [0.29, 0.717) is 10.6 Å². The highest BCUT2D eigenvalue weighted by atomic mass is 35.5. The van der Waals surface area contributed by atoms with E-state index >= 15 is 0 Å². The molecule has 0 bridgehead atoms. The first kappa shape index (κ1) is 13.6. The zero-order valence-corrected chi connectivity index (χ0v) is 12.0. The van der Waals surface area contributed by atoms with Gasteiger partial charge in [-0.3, -0.25) is 4.79 Å². The number of carbonyl (C=O) groups is 1. The van der Waals surface area contributed by atoms with Crippen LogP contribution >= 0.6 is 11.6 Å². The number of fused-ring (bicyclic) bond motifs is 1. The second-order valence-electron chi connectivity index (χ2n) is 4.81. The molecule has 0 radical (unpaired) electrons. The van der Waals surface area contributed by atoms with Gasteiger partial charge in [0.15, 0.2) is 5.78 Å². The number of halogens is 1. The predicted octanol–water partition coefficient (Wildman–Crippen LogP) is 5.39. The summed E-state index contributed by atoms with van der Waals surface area (Å²) in [5.74, 6) is -0.00398. The third-order valence-electron chi connectivity index (χ3n) is 3.33. The van der Waals surface area contributed by atoms with E-state index in [1.807, 2.05) is 66.7 Å². The Balaban J connectivity index is 1.84. The molecule has 0 N–H and O–H groups in total. The van der Waals surface area contributed by atoms with Crippen LogP contribution in [0, 0.1) is 0 Å². The van der Waals surface area contributed by atoms with Crippen LogP contribution < -0.4 is 0 Å². The second-order valence-corrected chi connectivity index (χ2v) is 5.25. The monoisotopic (exact) mass is 292 g/mol. The molecule has 3 aromatic carbocycles. The number of hydrogen-bond donors (Lipinski definition) is 0. The van der Waals surface area contributed by atoms with E-state index in [1.54, 1.807) is 12.2 Å². The van der Waals surface area contributed by atoms with Gasteiger partial charge in [-0.1, -0.05) is 66.2 Å². The van der Waals surface area contributed by atoms with Crippen molar-refractivity contribution in [2.75, 3.05) is 0 Å². The third kappa shape index (κ3) is 3.21. The Morgan fingerprint density at radius 2 is 1.57 bits per heavy atom. The van der Waals surface area contributed by atoms with Crippen molar-refractivity contribution in [3.8, 4) is 0 Å². The number of hydrogen-bond acceptors (Lipinski definition) is 1. The summed E-state index contributed by atoms with van der Waals surface area (Å²) in [6.45, 7) is 0. The fourth-order valence-corrected chi connectivity index (χ4v) is 2.31. The van der Waals surface area contributed by atoms with Crippen molar-refractivity contribution in [1.82, 2.24) is 0 Å². The minimum Gasteiger partial charge on any atom is -0.289 e. The van der Waals surface area contributed by atoms with Gasteiger partial charge in [-0.15, -0.1) is 0 Å². The average Bonchev–Trinajstić information content (AvgIpc) is 2.53. The first-order valence-corrected chi connectivity index (χ1v) is 7.07. The van der Waals surface area contributed by atoms with E-state index < -0.39 is 0 Å². The van der Waals surface area contributed by atoms with Crippen LogP contribution in [0.3, 0.4) is 0 Å². The predicted molar refractivity (Wildman–Crippen MR) is 88.8 cm³/mol. The van der Waals surface area contributed by atoms with Gasteiger partial charge in [-0.05, 0) is 40.6 Å². The number of carbonyl (C=O) groups excluding carboxylic acids is 1. The molecule has 0 unspecified atom stereocenters. The van der Waals surface area contributed by atoms with Crippen molar-refractivity contribution in [2.24, 2.45) is 0 Å². The van der Waals surface area contributed by atoms with Gasteiger partial charge in [0.2, 0.25) is 0 Å². The minimum absolute atomic E-state index is 0.00398. The van der Waals surface area contributed by atoms with E-state index in [-0.39, 0.29) is 5.78 Å². The molecule has 3 aromatic rings. The summed E-state index contributed by atoms with van der Waals surface area (Å²) in [4.78, 5) is 12.2. The maximum absolute atomic E-state index is 12.2. The van der Waals surface area contributed by atoms with E-state index in [9.17, 15) is 4.79 Å². The van der Waals surface area contributed by atoms with Crippen LogP contribution in [-0.2, 0) is 0 Å². The number of rotatable bonds is 3. The van der Waals surface area contributed by atoms with Crippen LogP contribution in [0.1, 0.15) is 15.9 Å². The van der Waals surface area contributed by atoms with Crippen molar-refractivity contribution in [2.45, 2.75) is 0 Å². The van der Waals surface area contributed by atoms with E-state index in [0.717, 1.165) is 16.3 Å². The van der Waals surface area contributed by atoms with Crippen LogP contribution in [0.4, 0.5) is 0 Å². The molecular weight excluding hydrogens is 280 g/mol. The van der Waals surface area contributed by atoms with Crippen molar-refractivity contribution < 1.29 is 4.79 Å². The lowest BCUT2D eigenvalue weighted by Crippen LogP contribution is -1.93. The maximum Gasteiger partial charge on any atom is 0.185 e. The van der Waals surface area contributed by atoms with E-state index in [1.165, 1.54) is 0 Å². The lowest BCUT2D eigenvalue weighted by atomic mass is 10.0. The number of allylic oxidation sites excluding steroid dienone is 1. The van der Waals surface area contributed by atoms with E-state index in [4.69, 9.17) is 11.6 Å². The van der Waals surface area contributed by atoms with Gasteiger partial charge in [0.1, 0.15) is 0 Å². The topological polar surface area (TPSA) is 17.1 Å². The summed E-state index contributed by atoms with van der Waals surface area (Å²) in [5.41, 5.74) is 1.65. The van der Waals surface area contributed by atoms with Crippen LogP contribution in [0.15, 0.2) is 72.8 Å². The zero-order valence-electron chi connectivity index (χ0n) is 11.3. The minimum atomic E-state index is -0.00398. The lowest BCUT2D eigenvalue weighted by Gasteiger charge is -2.00. The molecule has 0 amide bonds. The Bertz CT molecular complexity index is 816. The highest BCUT2D eigenvalue weighted by molar-refractivity contribution is 6.30. The molecule has 0 heterocycles. The summed E-state index contributed by atoms with van der Waals surface area (Å²) >= 11 is 5.83. The maximum atomic E-state index is 12.2. The Morgan fingerprint density at radius 3 is 2.33 bits per heavy atom. The first-order valence-electron chi connectivity index (χ1n) is 6.69. The average molecular weight is 293 g/mol. The van der Waals surface area contributed by atoms with Gasteiger partial charge in [-0.2, -0.15) is 0 Å².